The SMILES string of the molecule is Cn1cc(S(=O)(=O)N(CCN)Cc2ccccc2)cn1. The summed E-state index contributed by atoms with van der Waals surface area (Å²) in [6.45, 7) is 0.841. The summed E-state index contributed by atoms with van der Waals surface area (Å²) in [4.78, 5) is 0.185. The van der Waals surface area contributed by atoms with Crippen molar-refractivity contribution in [3.63, 3.8) is 0 Å². The molecule has 0 radical (unpaired) electrons. The predicted octanol–water partition coefficient (Wildman–Crippen LogP) is 0.570. The highest BCUT2D eigenvalue weighted by molar-refractivity contribution is 7.89. The highest BCUT2D eigenvalue weighted by atomic mass is 32.2. The molecule has 0 saturated heterocycles. The van der Waals surface area contributed by atoms with E-state index in [1.165, 1.54) is 21.4 Å². The minimum atomic E-state index is -3.57. The first kappa shape index (κ1) is 14.7. The molecule has 2 aromatic rings. The van der Waals surface area contributed by atoms with Crippen molar-refractivity contribution in [1.29, 1.82) is 0 Å². The van der Waals surface area contributed by atoms with E-state index in [0.29, 0.717) is 6.54 Å². The number of rotatable bonds is 6. The van der Waals surface area contributed by atoms with Gasteiger partial charge in [-0.3, -0.25) is 4.68 Å². The number of aryl methyl sites for hydroxylation is 1. The van der Waals surface area contributed by atoms with Crippen molar-refractivity contribution in [2.75, 3.05) is 13.1 Å². The number of nitrogens with two attached hydrogens (primary N) is 1. The Morgan fingerprint density at radius 1 is 1.30 bits per heavy atom. The maximum absolute atomic E-state index is 12.6. The molecule has 0 atom stereocenters. The molecule has 0 fully saturated rings. The van der Waals surface area contributed by atoms with Crippen LogP contribution in [0.15, 0.2) is 47.6 Å². The summed E-state index contributed by atoms with van der Waals surface area (Å²) in [6, 6.07) is 9.44. The molecule has 0 amide bonds. The molecule has 20 heavy (non-hydrogen) atoms. The molecule has 2 N–H and O–H groups in total. The van der Waals surface area contributed by atoms with Gasteiger partial charge in [-0.2, -0.15) is 9.40 Å². The predicted molar refractivity (Wildman–Crippen MR) is 76.3 cm³/mol. The van der Waals surface area contributed by atoms with Crippen LogP contribution in [0.5, 0.6) is 0 Å². The Morgan fingerprint density at radius 3 is 2.55 bits per heavy atom. The van der Waals surface area contributed by atoms with Gasteiger partial charge in [-0.15, -0.1) is 0 Å². The average Bonchev–Trinajstić information content (AvgIpc) is 2.87. The summed E-state index contributed by atoms with van der Waals surface area (Å²) in [5.74, 6) is 0. The van der Waals surface area contributed by atoms with Crippen LogP contribution in [0.25, 0.3) is 0 Å². The molecule has 108 valence electrons. The van der Waals surface area contributed by atoms with E-state index in [1.54, 1.807) is 7.05 Å². The maximum Gasteiger partial charge on any atom is 0.246 e. The first-order chi connectivity index (χ1) is 9.54. The third kappa shape index (κ3) is 3.24. The number of nitrogens with zero attached hydrogens (tertiary/aromatic N) is 3. The molecule has 0 bridgehead atoms. The topological polar surface area (TPSA) is 81.2 Å². The Hall–Kier alpha value is -1.70. The molecule has 0 unspecified atom stereocenters. The van der Waals surface area contributed by atoms with E-state index in [0.717, 1.165) is 5.56 Å². The molecular weight excluding hydrogens is 276 g/mol. The Kier molecular flexibility index (Phi) is 4.53. The molecule has 1 aromatic heterocycles. The van der Waals surface area contributed by atoms with Gasteiger partial charge in [0.25, 0.3) is 0 Å². The van der Waals surface area contributed by atoms with E-state index in [4.69, 9.17) is 5.73 Å². The largest absolute Gasteiger partial charge is 0.329 e. The van der Waals surface area contributed by atoms with E-state index in [9.17, 15) is 8.42 Å². The Labute approximate surface area is 118 Å². The second kappa shape index (κ2) is 6.17. The van der Waals surface area contributed by atoms with Crippen molar-refractivity contribution in [2.45, 2.75) is 11.4 Å². The summed E-state index contributed by atoms with van der Waals surface area (Å²) in [6.07, 6.45) is 2.84. The molecular formula is C13H18N4O2S. The van der Waals surface area contributed by atoms with Crippen LogP contribution in [0, 0.1) is 0 Å². The summed E-state index contributed by atoms with van der Waals surface area (Å²) in [7, 11) is -1.89. The zero-order chi connectivity index (χ0) is 14.6. The lowest BCUT2D eigenvalue weighted by molar-refractivity contribution is 0.414. The van der Waals surface area contributed by atoms with Crippen LogP contribution in [0.1, 0.15) is 5.56 Å². The normalized spacial score (nSPS) is 11.9. The lowest BCUT2D eigenvalue weighted by Gasteiger charge is -2.20. The van der Waals surface area contributed by atoms with E-state index in [2.05, 4.69) is 5.10 Å². The lowest BCUT2D eigenvalue weighted by atomic mass is 10.2. The minimum Gasteiger partial charge on any atom is -0.329 e. The van der Waals surface area contributed by atoms with Gasteiger partial charge in [0.15, 0.2) is 0 Å². The van der Waals surface area contributed by atoms with Gasteiger partial charge in [0, 0.05) is 32.9 Å². The smallest absolute Gasteiger partial charge is 0.246 e. The fourth-order valence-corrected chi connectivity index (χ4v) is 3.33. The van der Waals surface area contributed by atoms with Crippen molar-refractivity contribution in [2.24, 2.45) is 12.8 Å². The Bertz CT molecular complexity index is 652. The molecule has 0 aliphatic carbocycles. The number of hydrogen-bond donors (Lipinski definition) is 1. The molecule has 1 aromatic carbocycles. The molecule has 1 heterocycles. The van der Waals surface area contributed by atoms with Gasteiger partial charge >= 0.3 is 0 Å². The quantitative estimate of drug-likeness (QED) is 0.844. The van der Waals surface area contributed by atoms with Gasteiger partial charge in [0.2, 0.25) is 10.0 Å². The summed E-state index contributed by atoms with van der Waals surface area (Å²) >= 11 is 0. The van der Waals surface area contributed by atoms with Crippen molar-refractivity contribution in [3.8, 4) is 0 Å². The van der Waals surface area contributed by atoms with Gasteiger partial charge in [-0.1, -0.05) is 30.3 Å². The number of benzene rings is 1. The summed E-state index contributed by atoms with van der Waals surface area (Å²) < 4.78 is 28.0. The number of hydrogen-bond acceptors (Lipinski definition) is 4. The van der Waals surface area contributed by atoms with Crippen LogP contribution in [0.4, 0.5) is 0 Å². The monoisotopic (exact) mass is 294 g/mol. The Morgan fingerprint density at radius 2 is 2.00 bits per heavy atom. The maximum atomic E-state index is 12.6. The van der Waals surface area contributed by atoms with E-state index < -0.39 is 10.0 Å². The van der Waals surface area contributed by atoms with Crippen molar-refractivity contribution in [1.82, 2.24) is 14.1 Å². The van der Waals surface area contributed by atoms with E-state index in [1.807, 2.05) is 30.3 Å². The molecule has 0 saturated carbocycles. The van der Waals surface area contributed by atoms with Crippen LogP contribution in [-0.4, -0.2) is 35.6 Å². The van der Waals surface area contributed by atoms with Crippen molar-refractivity contribution < 1.29 is 8.42 Å². The lowest BCUT2D eigenvalue weighted by Crippen LogP contribution is -2.34. The molecule has 6 nitrogen and oxygen atoms in total. The molecule has 7 heteroatoms. The fraction of sp³-hybridized carbons (Fsp3) is 0.308. The minimum absolute atomic E-state index is 0.185. The van der Waals surface area contributed by atoms with Crippen molar-refractivity contribution in [3.05, 3.63) is 48.3 Å². The zero-order valence-corrected chi connectivity index (χ0v) is 12.1. The highest BCUT2D eigenvalue weighted by Gasteiger charge is 2.25. The molecule has 0 spiro atoms. The molecule has 2 rings (SSSR count). The number of sulfonamides is 1. The fourth-order valence-electron chi connectivity index (χ4n) is 1.90. The van der Waals surface area contributed by atoms with E-state index >= 15 is 0 Å². The summed E-state index contributed by atoms with van der Waals surface area (Å²) in [5, 5.41) is 3.91. The first-order valence-corrected chi connectivity index (χ1v) is 7.71. The summed E-state index contributed by atoms with van der Waals surface area (Å²) in [5.41, 5.74) is 6.46. The second-order valence-corrected chi connectivity index (χ2v) is 6.40. The molecule has 0 aliphatic heterocycles. The Balaban J connectivity index is 2.28. The third-order valence-electron chi connectivity index (χ3n) is 2.90. The van der Waals surface area contributed by atoms with Crippen molar-refractivity contribution >= 4 is 10.0 Å². The van der Waals surface area contributed by atoms with Crippen LogP contribution < -0.4 is 5.73 Å². The van der Waals surface area contributed by atoms with Gasteiger partial charge in [-0.25, -0.2) is 8.42 Å². The zero-order valence-electron chi connectivity index (χ0n) is 11.3. The first-order valence-electron chi connectivity index (χ1n) is 6.27. The van der Waals surface area contributed by atoms with E-state index in [-0.39, 0.29) is 18.0 Å². The average molecular weight is 294 g/mol. The van der Waals surface area contributed by atoms with Gasteiger partial charge in [0.05, 0.1) is 6.20 Å². The van der Waals surface area contributed by atoms with Gasteiger partial charge in [-0.05, 0) is 5.56 Å². The number of aromatic nitrogens is 2. The second-order valence-electron chi connectivity index (χ2n) is 4.46. The van der Waals surface area contributed by atoms with Gasteiger partial charge < -0.3 is 5.73 Å². The van der Waals surface area contributed by atoms with Crippen LogP contribution >= 0.6 is 0 Å². The van der Waals surface area contributed by atoms with Crippen LogP contribution in [0.2, 0.25) is 0 Å². The molecule has 0 aliphatic rings. The van der Waals surface area contributed by atoms with Crippen LogP contribution in [0.3, 0.4) is 0 Å². The van der Waals surface area contributed by atoms with Crippen LogP contribution in [-0.2, 0) is 23.6 Å². The standard InChI is InChI=1S/C13H18N4O2S/c1-16-11-13(9-15-16)20(18,19)17(8-7-14)10-12-5-3-2-4-6-12/h2-6,9,11H,7-8,10,14H2,1H3. The highest BCUT2D eigenvalue weighted by Crippen LogP contribution is 2.17. The third-order valence-corrected chi connectivity index (χ3v) is 4.70. The van der Waals surface area contributed by atoms with Gasteiger partial charge in [0.1, 0.15) is 4.90 Å².